The van der Waals surface area contributed by atoms with Crippen LogP contribution in [0.2, 0.25) is 58.9 Å². The molecular weight excluding hydrogens is 313 g/mol. The molecule has 1 radical (unpaired) electrons. The SMILES string of the molecule is C[Si](C)(C)O[Si](O[SiH2])(O[Si](C)(C)C)O[Si](C)(C)C. The van der Waals surface area contributed by atoms with Crippen LogP contribution >= 0.6 is 0 Å². The molecule has 0 aromatic heterocycles. The average Bonchev–Trinajstić information content (AvgIpc) is 1.93. The van der Waals surface area contributed by atoms with E-state index in [1.807, 2.05) is 0 Å². The van der Waals surface area contributed by atoms with E-state index in [-0.39, 0.29) is 0 Å². The molecule has 0 amide bonds. The van der Waals surface area contributed by atoms with E-state index < -0.39 is 34.0 Å². The molecule has 0 aliphatic carbocycles. The van der Waals surface area contributed by atoms with E-state index in [2.05, 4.69) is 58.9 Å². The summed E-state index contributed by atoms with van der Waals surface area (Å²) in [6.07, 6.45) is 0. The summed E-state index contributed by atoms with van der Waals surface area (Å²) in [6.45, 7) is 19.2. The normalized spacial score (nSPS) is 15.0. The van der Waals surface area contributed by atoms with Crippen LogP contribution in [0.25, 0.3) is 0 Å². The lowest BCUT2D eigenvalue weighted by Gasteiger charge is -2.40. The van der Waals surface area contributed by atoms with Crippen LogP contribution in [0.15, 0.2) is 0 Å². The van der Waals surface area contributed by atoms with Gasteiger partial charge in [-0.15, -0.1) is 0 Å². The van der Waals surface area contributed by atoms with Gasteiger partial charge >= 0.3 is 9.05 Å². The van der Waals surface area contributed by atoms with Crippen molar-refractivity contribution >= 4 is 44.5 Å². The number of hydrogen-bond donors (Lipinski definition) is 0. The maximum absolute atomic E-state index is 6.21. The molecule has 0 N–H and O–H groups in total. The second kappa shape index (κ2) is 6.14. The van der Waals surface area contributed by atoms with Crippen molar-refractivity contribution in [3.63, 3.8) is 0 Å². The molecule has 18 heavy (non-hydrogen) atoms. The van der Waals surface area contributed by atoms with Crippen LogP contribution < -0.4 is 0 Å². The molecule has 0 heterocycles. The van der Waals surface area contributed by atoms with Gasteiger partial charge in [-0.1, -0.05) is 0 Å². The van der Waals surface area contributed by atoms with Gasteiger partial charge in [0.1, 0.15) is 0 Å². The first kappa shape index (κ1) is 18.9. The lowest BCUT2D eigenvalue weighted by Crippen LogP contribution is -2.62. The summed E-state index contributed by atoms with van der Waals surface area (Å²) in [5, 5.41) is 0. The predicted molar refractivity (Wildman–Crippen MR) is 88.7 cm³/mol. The second-order valence-corrected chi connectivity index (χ2v) is 24.6. The first-order valence-corrected chi connectivity index (χ1v) is 18.7. The van der Waals surface area contributed by atoms with Crippen molar-refractivity contribution in [3.8, 4) is 0 Å². The smallest absolute Gasteiger partial charge is 0.402 e. The molecule has 4 nitrogen and oxygen atoms in total. The minimum atomic E-state index is -2.98. The third kappa shape index (κ3) is 8.93. The lowest BCUT2D eigenvalue weighted by atomic mass is 11.8. The third-order valence-corrected chi connectivity index (χ3v) is 13.2. The molecule has 0 fully saturated rings. The van der Waals surface area contributed by atoms with Crippen LogP contribution in [0, 0.1) is 0 Å². The maximum Gasteiger partial charge on any atom is 0.636 e. The van der Waals surface area contributed by atoms with E-state index in [1.165, 1.54) is 10.5 Å². The first-order valence-electron chi connectivity index (χ1n) is 6.22. The molecule has 0 bridgehead atoms. The van der Waals surface area contributed by atoms with Gasteiger partial charge in [0, 0.05) is 0 Å². The molecule has 0 atom stereocenters. The summed E-state index contributed by atoms with van der Waals surface area (Å²) in [5.41, 5.74) is 0. The maximum atomic E-state index is 6.21. The topological polar surface area (TPSA) is 36.9 Å². The van der Waals surface area contributed by atoms with Crippen molar-refractivity contribution in [2.45, 2.75) is 58.9 Å². The zero-order valence-corrected chi connectivity index (χ0v) is 18.8. The van der Waals surface area contributed by atoms with E-state index in [9.17, 15) is 0 Å². The van der Waals surface area contributed by atoms with Crippen molar-refractivity contribution in [1.82, 2.24) is 0 Å². The molecule has 0 aliphatic heterocycles. The highest BCUT2D eigenvalue weighted by Gasteiger charge is 2.52. The van der Waals surface area contributed by atoms with Crippen LogP contribution in [0.1, 0.15) is 0 Å². The Bertz CT molecular complexity index is 225. The van der Waals surface area contributed by atoms with E-state index >= 15 is 0 Å². The lowest BCUT2D eigenvalue weighted by molar-refractivity contribution is 0.158. The quantitative estimate of drug-likeness (QED) is 0.667. The number of hydrogen-bond acceptors (Lipinski definition) is 4. The fourth-order valence-corrected chi connectivity index (χ4v) is 14.2. The zero-order chi connectivity index (χ0) is 14.8. The molecule has 0 aromatic rings. The van der Waals surface area contributed by atoms with Crippen molar-refractivity contribution < 1.29 is 16.5 Å². The highest BCUT2D eigenvalue weighted by Crippen LogP contribution is 2.25. The highest BCUT2D eigenvalue weighted by molar-refractivity contribution is 6.88. The van der Waals surface area contributed by atoms with Crippen LogP contribution in [0.5, 0.6) is 0 Å². The summed E-state index contributed by atoms with van der Waals surface area (Å²) in [5.74, 6) is 0. The summed E-state index contributed by atoms with van der Waals surface area (Å²) in [7, 11) is -6.88. The fraction of sp³-hybridized carbons (Fsp3) is 1.00. The molecule has 0 aliphatic rings. The highest BCUT2D eigenvalue weighted by atomic mass is 28.5. The number of rotatable bonds is 7. The molecule has 9 heteroatoms. The van der Waals surface area contributed by atoms with Gasteiger partial charge in [-0.25, -0.2) is 0 Å². The Morgan fingerprint density at radius 3 is 0.889 bits per heavy atom. The van der Waals surface area contributed by atoms with Gasteiger partial charge in [-0.3, -0.25) is 0 Å². The standard InChI is InChI=1S/C9H29O4Si5/c1-15(2,3)11-18(10-14,12-16(4,5)6)13-17(7,8)9/h14H2,1-9H3. The first-order chi connectivity index (χ1) is 7.68. The van der Waals surface area contributed by atoms with E-state index in [1.54, 1.807) is 0 Å². The largest absolute Gasteiger partial charge is 0.636 e. The molecule has 0 spiro atoms. The molecule has 109 valence electrons. The van der Waals surface area contributed by atoms with Crippen molar-refractivity contribution in [1.29, 1.82) is 0 Å². The van der Waals surface area contributed by atoms with Crippen LogP contribution in [-0.4, -0.2) is 44.5 Å². The molecule has 0 rings (SSSR count). The Labute approximate surface area is 120 Å². The van der Waals surface area contributed by atoms with Crippen molar-refractivity contribution in [3.05, 3.63) is 0 Å². The van der Waals surface area contributed by atoms with Crippen LogP contribution in [0.3, 0.4) is 0 Å². The minimum Gasteiger partial charge on any atom is -0.402 e. The van der Waals surface area contributed by atoms with Gasteiger partial charge in [0.25, 0.3) is 0 Å². The molecular formula is C9H29O4Si5. The van der Waals surface area contributed by atoms with Gasteiger partial charge in [-0.2, -0.15) is 0 Å². The summed E-state index contributed by atoms with van der Waals surface area (Å²) in [6, 6.07) is 0. The zero-order valence-electron chi connectivity index (χ0n) is 13.3. The second-order valence-electron chi connectivity index (χ2n) is 7.29. The Morgan fingerprint density at radius 2 is 0.778 bits per heavy atom. The van der Waals surface area contributed by atoms with Gasteiger partial charge < -0.3 is 16.5 Å². The fourth-order valence-electron chi connectivity index (χ4n) is 1.28. The Hall–Kier alpha value is 0.924. The van der Waals surface area contributed by atoms with Gasteiger partial charge in [0.2, 0.25) is 0 Å². The predicted octanol–water partition coefficient (Wildman–Crippen LogP) is 2.54. The summed E-state index contributed by atoms with van der Waals surface area (Å²) in [4.78, 5) is 0. The Morgan fingerprint density at radius 1 is 0.556 bits per heavy atom. The van der Waals surface area contributed by atoms with Gasteiger partial charge in [0.15, 0.2) is 35.4 Å². The van der Waals surface area contributed by atoms with Crippen LogP contribution in [0.4, 0.5) is 0 Å². The monoisotopic (exact) mass is 341 g/mol. The molecule has 0 saturated carbocycles. The summed E-state index contributed by atoms with van der Waals surface area (Å²) < 4.78 is 24.3. The van der Waals surface area contributed by atoms with E-state index in [0.717, 1.165) is 0 Å². The van der Waals surface area contributed by atoms with Gasteiger partial charge in [-0.05, 0) is 58.9 Å². The van der Waals surface area contributed by atoms with Crippen molar-refractivity contribution in [2.24, 2.45) is 0 Å². The van der Waals surface area contributed by atoms with Crippen molar-refractivity contribution in [2.75, 3.05) is 0 Å². The molecule has 0 aromatic carbocycles. The van der Waals surface area contributed by atoms with Gasteiger partial charge in [0.05, 0.1) is 0 Å². The van der Waals surface area contributed by atoms with E-state index in [4.69, 9.17) is 16.5 Å². The Balaban J connectivity index is 5.20. The van der Waals surface area contributed by atoms with Crippen LogP contribution in [-0.2, 0) is 16.5 Å². The minimum absolute atomic E-state index is 1.43. The third-order valence-electron chi connectivity index (χ3n) is 1.47. The average molecular weight is 342 g/mol. The van der Waals surface area contributed by atoms with E-state index in [0.29, 0.717) is 0 Å². The Kier molecular flexibility index (Phi) is 6.45. The summed E-state index contributed by atoms with van der Waals surface area (Å²) >= 11 is 0. The molecule has 0 unspecified atom stereocenters. The molecule has 0 saturated heterocycles.